The van der Waals surface area contributed by atoms with E-state index in [-0.39, 0.29) is 6.17 Å². The van der Waals surface area contributed by atoms with Crippen molar-refractivity contribution in [2.45, 2.75) is 51.2 Å². The lowest BCUT2D eigenvalue weighted by Crippen LogP contribution is -2.47. The quantitative estimate of drug-likeness (QED) is 0.328. The van der Waals surface area contributed by atoms with Gasteiger partial charge in [-0.1, -0.05) is 25.3 Å². The maximum absolute atomic E-state index is 9.60. The minimum Gasteiger partial charge on any atom is -0.492 e. The van der Waals surface area contributed by atoms with Crippen molar-refractivity contribution >= 4 is 29.4 Å². The van der Waals surface area contributed by atoms with E-state index in [1.807, 2.05) is 32.2 Å². The molecule has 1 fully saturated rings. The molecule has 0 bridgehead atoms. The van der Waals surface area contributed by atoms with Crippen molar-refractivity contribution in [3.8, 4) is 11.8 Å². The van der Waals surface area contributed by atoms with E-state index in [0.29, 0.717) is 35.7 Å². The highest BCUT2D eigenvalue weighted by Gasteiger charge is 2.29. The van der Waals surface area contributed by atoms with Gasteiger partial charge in [-0.2, -0.15) is 10.3 Å². The van der Waals surface area contributed by atoms with Crippen molar-refractivity contribution in [1.82, 2.24) is 20.9 Å². The minimum absolute atomic E-state index is 0.222. The van der Waals surface area contributed by atoms with Gasteiger partial charge in [-0.05, 0) is 38.0 Å². The molecule has 0 saturated heterocycles. The van der Waals surface area contributed by atoms with Gasteiger partial charge in [0.1, 0.15) is 23.8 Å². The van der Waals surface area contributed by atoms with Crippen LogP contribution in [0.25, 0.3) is 5.70 Å². The Balaban J connectivity index is 1.62. The molecule has 1 aromatic carbocycles. The van der Waals surface area contributed by atoms with Crippen LogP contribution in [-0.4, -0.2) is 36.9 Å². The molecule has 4 rings (SSSR count). The second kappa shape index (κ2) is 10.9. The number of hydrogen-bond donors (Lipinski definition) is 6. The molecule has 2 aliphatic rings. The van der Waals surface area contributed by atoms with E-state index < -0.39 is 0 Å². The van der Waals surface area contributed by atoms with E-state index in [0.717, 1.165) is 35.4 Å². The molecule has 0 spiro atoms. The molecule has 1 aliphatic heterocycles. The number of nitrogens with one attached hydrogen (secondary N) is 6. The predicted octanol–water partition coefficient (Wildman–Crippen LogP) is 4.12. The molecule has 1 aromatic heterocycles. The van der Waals surface area contributed by atoms with E-state index in [2.05, 4.69) is 32.3 Å². The van der Waals surface area contributed by atoms with Crippen LogP contribution in [0.4, 0.5) is 11.5 Å². The zero-order valence-corrected chi connectivity index (χ0v) is 19.7. The van der Waals surface area contributed by atoms with Crippen molar-refractivity contribution in [3.63, 3.8) is 0 Å². The summed E-state index contributed by atoms with van der Waals surface area (Å²) in [6, 6.07) is 8.52. The third-order valence-electron chi connectivity index (χ3n) is 6.18. The van der Waals surface area contributed by atoms with Crippen LogP contribution in [0.5, 0.6) is 5.75 Å². The molecular weight excluding hydrogens is 428 g/mol. The van der Waals surface area contributed by atoms with E-state index >= 15 is 0 Å². The van der Waals surface area contributed by atoms with Gasteiger partial charge in [0.25, 0.3) is 0 Å². The number of benzene rings is 1. The van der Waals surface area contributed by atoms with Crippen molar-refractivity contribution in [2.75, 3.05) is 19.0 Å². The van der Waals surface area contributed by atoms with Gasteiger partial charge in [0.05, 0.1) is 23.4 Å². The number of nitrogens with zero attached hydrogens (tertiary/aromatic N) is 2. The van der Waals surface area contributed by atoms with Gasteiger partial charge in [0.15, 0.2) is 0 Å². The van der Waals surface area contributed by atoms with Gasteiger partial charge in [-0.3, -0.25) is 5.32 Å². The maximum Gasteiger partial charge on any atom is 0.204 e. The zero-order valence-electron chi connectivity index (χ0n) is 19.7. The molecule has 178 valence electrons. The Morgan fingerprint density at radius 2 is 2.15 bits per heavy atom. The Kier molecular flexibility index (Phi) is 7.50. The number of ether oxygens (including phenoxy) is 1. The zero-order chi connectivity index (χ0) is 23.9. The van der Waals surface area contributed by atoms with Crippen LogP contribution in [0, 0.1) is 16.7 Å². The van der Waals surface area contributed by atoms with Gasteiger partial charge in [-0.25, -0.2) is 0 Å². The summed E-state index contributed by atoms with van der Waals surface area (Å²) in [7, 11) is 1.82. The average molecular weight is 461 g/mol. The maximum atomic E-state index is 9.60. The number of anilines is 1. The number of aromatic nitrogens is 1. The molecule has 2 heterocycles. The second-order valence-electron chi connectivity index (χ2n) is 8.38. The van der Waals surface area contributed by atoms with Crippen LogP contribution in [0.2, 0.25) is 0 Å². The number of rotatable bonds is 8. The number of aliphatic imine (C=N–C) groups is 1. The summed E-state index contributed by atoms with van der Waals surface area (Å²) >= 11 is 0. The Labute approximate surface area is 200 Å². The molecular formula is C25H32N8O. The number of fused-ring (bicyclic) bond motifs is 1. The second-order valence-corrected chi connectivity index (χ2v) is 8.38. The molecule has 0 radical (unpaired) electrons. The Bertz CT molecular complexity index is 1120. The lowest BCUT2D eigenvalue weighted by molar-refractivity contribution is 0.328. The molecule has 1 saturated carbocycles. The van der Waals surface area contributed by atoms with Crippen LogP contribution >= 0.6 is 0 Å². The summed E-state index contributed by atoms with van der Waals surface area (Å²) in [4.78, 5) is 7.84. The topological polar surface area (TPSA) is 133 Å². The Hall–Kier alpha value is -3.77. The molecule has 0 amide bonds. The Morgan fingerprint density at radius 1 is 1.32 bits per heavy atom. The van der Waals surface area contributed by atoms with Crippen molar-refractivity contribution in [3.05, 3.63) is 47.2 Å². The number of H-pyrrole nitrogens is 1. The summed E-state index contributed by atoms with van der Waals surface area (Å²) in [5, 5.41) is 30.6. The summed E-state index contributed by atoms with van der Waals surface area (Å²) in [5.41, 5.74) is 3.97. The van der Waals surface area contributed by atoms with Crippen LogP contribution < -0.4 is 26.0 Å². The van der Waals surface area contributed by atoms with Gasteiger partial charge < -0.3 is 31.1 Å². The number of hydrogen-bond acceptors (Lipinski definition) is 8. The SMILES string of the molecule is CCOc1cc(/C(=C/C=N)NC)ccc1NC1=Nc2[nH]cc(C#N)c2C(NC2CCCCC2)N1. The number of aromatic amines is 1. The van der Waals surface area contributed by atoms with Gasteiger partial charge in [0.2, 0.25) is 5.96 Å². The van der Waals surface area contributed by atoms with Crippen molar-refractivity contribution < 1.29 is 4.74 Å². The summed E-state index contributed by atoms with van der Waals surface area (Å²) in [5.74, 6) is 1.93. The average Bonchev–Trinajstić information content (AvgIpc) is 3.28. The first-order chi connectivity index (χ1) is 16.7. The molecule has 1 unspecified atom stereocenters. The van der Waals surface area contributed by atoms with E-state index in [4.69, 9.17) is 15.1 Å². The fourth-order valence-electron chi connectivity index (χ4n) is 4.55. The van der Waals surface area contributed by atoms with Crippen molar-refractivity contribution in [2.24, 2.45) is 4.99 Å². The first-order valence-electron chi connectivity index (χ1n) is 11.8. The molecule has 2 aromatic rings. The predicted molar refractivity (Wildman–Crippen MR) is 136 cm³/mol. The van der Waals surface area contributed by atoms with E-state index in [9.17, 15) is 5.26 Å². The number of nitriles is 1. The highest BCUT2D eigenvalue weighted by Crippen LogP contribution is 2.33. The number of guanidine groups is 1. The molecule has 1 aliphatic carbocycles. The lowest BCUT2D eigenvalue weighted by atomic mass is 9.94. The first-order valence-corrected chi connectivity index (χ1v) is 11.8. The third-order valence-corrected chi connectivity index (χ3v) is 6.18. The highest BCUT2D eigenvalue weighted by molar-refractivity contribution is 5.98. The molecule has 9 heteroatoms. The summed E-state index contributed by atoms with van der Waals surface area (Å²) in [6.45, 7) is 2.46. The standard InChI is InChI=1S/C25H32N8O/c1-3-34-21-13-16(19(28-2)11-12-26)9-10-20(21)31-25-32-23-22(17(14-27)15-29-23)24(33-25)30-18-7-5-4-6-8-18/h9-13,15,18,24,26,28-30H,3-8H2,1-2H3,(H2,31,32,33)/b19-11-,26-12?. The highest BCUT2D eigenvalue weighted by atomic mass is 16.5. The first kappa shape index (κ1) is 23.4. The van der Waals surface area contributed by atoms with Gasteiger partial charge in [-0.15, -0.1) is 0 Å². The van der Waals surface area contributed by atoms with Gasteiger partial charge in [0, 0.05) is 36.8 Å². The molecule has 9 nitrogen and oxygen atoms in total. The van der Waals surface area contributed by atoms with Gasteiger partial charge >= 0.3 is 0 Å². The van der Waals surface area contributed by atoms with Crippen molar-refractivity contribution in [1.29, 1.82) is 10.7 Å². The third kappa shape index (κ3) is 5.07. The van der Waals surface area contributed by atoms with Crippen LogP contribution in [0.15, 0.2) is 35.5 Å². The fourth-order valence-corrected chi connectivity index (χ4v) is 4.55. The summed E-state index contributed by atoms with van der Waals surface area (Å²) in [6.07, 6.45) is 10.4. The Morgan fingerprint density at radius 3 is 2.85 bits per heavy atom. The molecule has 34 heavy (non-hydrogen) atoms. The number of allylic oxidation sites excluding steroid dienone is 1. The van der Waals surface area contributed by atoms with Crippen LogP contribution in [-0.2, 0) is 0 Å². The van der Waals surface area contributed by atoms with E-state index in [1.54, 1.807) is 12.3 Å². The normalized spacial score (nSPS) is 18.2. The van der Waals surface area contributed by atoms with E-state index in [1.165, 1.54) is 25.5 Å². The smallest absolute Gasteiger partial charge is 0.204 e. The fraction of sp³-hybridized carbons (Fsp3) is 0.400. The molecule has 1 atom stereocenters. The van der Waals surface area contributed by atoms with Crippen LogP contribution in [0.1, 0.15) is 61.9 Å². The van der Waals surface area contributed by atoms with Crippen LogP contribution in [0.3, 0.4) is 0 Å². The minimum atomic E-state index is -0.222. The molecule has 6 N–H and O–H groups in total. The largest absolute Gasteiger partial charge is 0.492 e. The summed E-state index contributed by atoms with van der Waals surface area (Å²) < 4.78 is 5.91. The lowest BCUT2D eigenvalue weighted by Gasteiger charge is -2.32. The monoisotopic (exact) mass is 460 g/mol.